The Balaban J connectivity index is 1.70. The second kappa shape index (κ2) is 7.27. The van der Waals surface area contributed by atoms with Gasteiger partial charge in [0.25, 0.3) is 5.91 Å². The molecule has 0 atom stereocenters. The topological polar surface area (TPSA) is 66.5 Å². The highest BCUT2D eigenvalue weighted by molar-refractivity contribution is 9.10. The molecule has 1 aliphatic rings. The lowest BCUT2D eigenvalue weighted by Crippen LogP contribution is -2.27. The van der Waals surface area contributed by atoms with Gasteiger partial charge in [-0.15, -0.1) is 0 Å². The van der Waals surface area contributed by atoms with E-state index in [1.165, 1.54) is 12.1 Å². The smallest absolute Gasteiger partial charge is 0.253 e. The molecule has 1 N–H and O–H groups in total. The monoisotopic (exact) mass is 422 g/mol. The third-order valence-electron chi connectivity index (χ3n) is 4.02. The lowest BCUT2D eigenvalue weighted by Gasteiger charge is -2.18. The van der Waals surface area contributed by atoms with Gasteiger partial charge in [-0.2, -0.15) is 0 Å². The zero-order chi connectivity index (χ0) is 18.0. The van der Waals surface area contributed by atoms with E-state index in [0.29, 0.717) is 12.1 Å². The molecule has 0 unspecified atom stereocenters. The maximum absolute atomic E-state index is 12.6. The van der Waals surface area contributed by atoms with Gasteiger partial charge in [-0.05, 0) is 48.7 Å². The number of halogens is 1. The molecule has 0 spiro atoms. The molecule has 1 aliphatic carbocycles. The molecular weight excluding hydrogens is 404 g/mol. The van der Waals surface area contributed by atoms with Crippen molar-refractivity contribution in [2.45, 2.75) is 30.3 Å². The molecule has 0 heterocycles. The third kappa shape index (κ3) is 4.48. The highest BCUT2D eigenvalue weighted by atomic mass is 79.9. The van der Waals surface area contributed by atoms with Crippen LogP contribution in [-0.2, 0) is 16.6 Å². The Morgan fingerprint density at radius 3 is 2.40 bits per heavy atom. The summed E-state index contributed by atoms with van der Waals surface area (Å²) in [5, 5.41) is 0. The normalized spacial score (nSPS) is 14.3. The van der Waals surface area contributed by atoms with Crippen molar-refractivity contribution >= 4 is 31.9 Å². The second-order valence-corrected chi connectivity index (χ2v) is 8.74. The minimum absolute atomic E-state index is 0.0572. The standard InChI is InChI=1S/C18H19BrN2O3S/c1-21(12-14-4-2-3-5-17(14)19)18(22)13-6-10-16(11-7-13)25(23,24)20-15-8-9-15/h2-7,10-11,15,20H,8-9,12H2,1H3. The summed E-state index contributed by atoms with van der Waals surface area (Å²) in [6, 6.07) is 13.8. The number of nitrogens with zero attached hydrogens (tertiary/aromatic N) is 1. The van der Waals surface area contributed by atoms with Gasteiger partial charge in [-0.25, -0.2) is 13.1 Å². The average Bonchev–Trinajstić information content (AvgIpc) is 3.39. The minimum Gasteiger partial charge on any atom is -0.337 e. The Morgan fingerprint density at radius 1 is 1.16 bits per heavy atom. The van der Waals surface area contributed by atoms with Crippen LogP contribution in [0.5, 0.6) is 0 Å². The largest absolute Gasteiger partial charge is 0.337 e. The van der Waals surface area contributed by atoms with E-state index in [-0.39, 0.29) is 16.8 Å². The second-order valence-electron chi connectivity index (χ2n) is 6.17. The van der Waals surface area contributed by atoms with Crippen LogP contribution < -0.4 is 4.72 Å². The number of amides is 1. The number of benzene rings is 2. The number of hydrogen-bond donors (Lipinski definition) is 1. The van der Waals surface area contributed by atoms with E-state index < -0.39 is 10.0 Å². The van der Waals surface area contributed by atoms with Crippen molar-refractivity contribution in [2.24, 2.45) is 0 Å². The SMILES string of the molecule is CN(Cc1ccccc1Br)C(=O)c1ccc(S(=O)(=O)NC2CC2)cc1. The van der Waals surface area contributed by atoms with Crippen molar-refractivity contribution in [3.05, 3.63) is 64.1 Å². The number of sulfonamides is 1. The summed E-state index contributed by atoms with van der Waals surface area (Å²) >= 11 is 3.47. The molecule has 5 nitrogen and oxygen atoms in total. The Kier molecular flexibility index (Phi) is 5.27. The summed E-state index contributed by atoms with van der Waals surface area (Å²) < 4.78 is 27.9. The number of nitrogens with one attached hydrogen (secondary N) is 1. The number of carbonyl (C=O) groups excluding carboxylic acids is 1. The first-order valence-electron chi connectivity index (χ1n) is 7.98. The zero-order valence-corrected chi connectivity index (χ0v) is 16.2. The molecular formula is C18H19BrN2O3S. The lowest BCUT2D eigenvalue weighted by molar-refractivity contribution is 0.0784. The van der Waals surface area contributed by atoms with E-state index in [9.17, 15) is 13.2 Å². The zero-order valence-electron chi connectivity index (χ0n) is 13.8. The highest BCUT2D eigenvalue weighted by Crippen LogP contribution is 2.23. The molecule has 0 saturated heterocycles. The summed E-state index contributed by atoms with van der Waals surface area (Å²) in [6.45, 7) is 0.462. The Bertz CT molecular complexity index is 877. The van der Waals surface area contributed by atoms with Crippen LogP contribution in [0.3, 0.4) is 0 Å². The van der Waals surface area contributed by atoms with Gasteiger partial charge < -0.3 is 4.90 Å². The molecule has 1 fully saturated rings. The molecule has 0 bridgehead atoms. The quantitative estimate of drug-likeness (QED) is 0.777. The summed E-state index contributed by atoms with van der Waals surface area (Å²) in [6.07, 6.45) is 1.77. The molecule has 0 aliphatic heterocycles. The first kappa shape index (κ1) is 18.1. The van der Waals surface area contributed by atoms with E-state index in [1.807, 2.05) is 24.3 Å². The fourth-order valence-electron chi connectivity index (χ4n) is 2.44. The van der Waals surface area contributed by atoms with Crippen molar-refractivity contribution in [1.82, 2.24) is 9.62 Å². The van der Waals surface area contributed by atoms with Crippen LogP contribution in [0.4, 0.5) is 0 Å². The fraction of sp³-hybridized carbons (Fsp3) is 0.278. The van der Waals surface area contributed by atoms with Crippen LogP contribution in [0.1, 0.15) is 28.8 Å². The third-order valence-corrected chi connectivity index (χ3v) is 6.33. The average molecular weight is 423 g/mol. The van der Waals surface area contributed by atoms with Crippen molar-refractivity contribution < 1.29 is 13.2 Å². The minimum atomic E-state index is -3.50. The molecule has 0 aromatic heterocycles. The molecule has 25 heavy (non-hydrogen) atoms. The molecule has 7 heteroatoms. The van der Waals surface area contributed by atoms with Gasteiger partial charge in [0.2, 0.25) is 10.0 Å². The van der Waals surface area contributed by atoms with Crippen molar-refractivity contribution in [3.63, 3.8) is 0 Å². The van der Waals surface area contributed by atoms with E-state index in [1.54, 1.807) is 24.1 Å². The Hall–Kier alpha value is -1.70. The maximum atomic E-state index is 12.6. The van der Waals surface area contributed by atoms with Crippen molar-refractivity contribution in [1.29, 1.82) is 0 Å². The van der Waals surface area contributed by atoms with E-state index in [2.05, 4.69) is 20.7 Å². The van der Waals surface area contributed by atoms with Gasteiger partial charge in [-0.1, -0.05) is 34.1 Å². The number of rotatable bonds is 6. The fourth-order valence-corrected chi connectivity index (χ4v) is 4.15. The van der Waals surface area contributed by atoms with Crippen LogP contribution in [0, 0.1) is 0 Å². The summed E-state index contributed by atoms with van der Waals surface area (Å²) in [7, 11) is -1.77. The van der Waals surface area contributed by atoms with Crippen LogP contribution in [0.15, 0.2) is 57.9 Å². The molecule has 3 rings (SSSR count). The summed E-state index contributed by atoms with van der Waals surface area (Å²) in [4.78, 5) is 14.3. The molecule has 2 aromatic rings. The van der Waals surface area contributed by atoms with Gasteiger partial charge in [0.05, 0.1) is 4.90 Å². The molecule has 2 aromatic carbocycles. The van der Waals surface area contributed by atoms with Gasteiger partial charge in [0.1, 0.15) is 0 Å². The van der Waals surface area contributed by atoms with E-state index in [0.717, 1.165) is 22.9 Å². The lowest BCUT2D eigenvalue weighted by atomic mass is 10.1. The van der Waals surface area contributed by atoms with Crippen molar-refractivity contribution in [3.8, 4) is 0 Å². The van der Waals surface area contributed by atoms with E-state index in [4.69, 9.17) is 0 Å². The van der Waals surface area contributed by atoms with Crippen LogP contribution >= 0.6 is 15.9 Å². The Labute approximate surface area is 156 Å². The summed E-state index contributed by atoms with van der Waals surface area (Å²) in [5.41, 5.74) is 1.46. The van der Waals surface area contributed by atoms with Gasteiger partial charge in [0, 0.05) is 29.7 Å². The molecule has 0 radical (unpaired) electrons. The van der Waals surface area contributed by atoms with Crippen LogP contribution in [0.2, 0.25) is 0 Å². The van der Waals surface area contributed by atoms with E-state index >= 15 is 0 Å². The predicted octanol–water partition coefficient (Wildman–Crippen LogP) is 3.16. The van der Waals surface area contributed by atoms with Gasteiger partial charge in [-0.3, -0.25) is 4.79 Å². The highest BCUT2D eigenvalue weighted by Gasteiger charge is 2.28. The maximum Gasteiger partial charge on any atom is 0.253 e. The van der Waals surface area contributed by atoms with Crippen LogP contribution in [-0.4, -0.2) is 32.3 Å². The first-order valence-corrected chi connectivity index (χ1v) is 10.3. The molecule has 132 valence electrons. The first-order chi connectivity index (χ1) is 11.9. The predicted molar refractivity (Wildman–Crippen MR) is 99.7 cm³/mol. The molecule has 1 amide bonds. The Morgan fingerprint density at radius 2 is 1.80 bits per heavy atom. The summed E-state index contributed by atoms with van der Waals surface area (Å²) in [5.74, 6) is -0.158. The van der Waals surface area contributed by atoms with Crippen LogP contribution in [0.25, 0.3) is 0 Å². The van der Waals surface area contributed by atoms with Crippen molar-refractivity contribution in [2.75, 3.05) is 7.05 Å². The van der Waals surface area contributed by atoms with Gasteiger partial charge >= 0.3 is 0 Å². The number of carbonyl (C=O) groups is 1. The number of hydrogen-bond acceptors (Lipinski definition) is 3. The molecule has 1 saturated carbocycles. The van der Waals surface area contributed by atoms with Gasteiger partial charge in [0.15, 0.2) is 0 Å².